The second-order valence-corrected chi connectivity index (χ2v) is 8.02. The van der Waals surface area contributed by atoms with Gasteiger partial charge < -0.3 is 4.90 Å². The van der Waals surface area contributed by atoms with Gasteiger partial charge in [-0.05, 0) is 43.6 Å². The van der Waals surface area contributed by atoms with Crippen molar-refractivity contribution in [1.82, 2.24) is 14.5 Å². The standard InChI is InChI=1S/C18H23N3O2S/c1-12-10-13-4-2-3-5-15(13)21(12)16(22)6-8-20-11-19-17-14(18(20)23)7-9-24-17/h7,9,11-13,15H,2-6,8,10H2,1H3. The Balaban J connectivity index is 1.47. The van der Waals surface area contributed by atoms with Gasteiger partial charge in [-0.3, -0.25) is 14.2 Å². The van der Waals surface area contributed by atoms with Crippen LogP contribution < -0.4 is 5.56 Å². The predicted octanol–water partition coefficient (Wildman–Crippen LogP) is 3.03. The number of aryl methyl sites for hydroxylation is 1. The van der Waals surface area contributed by atoms with E-state index in [-0.39, 0.29) is 11.5 Å². The van der Waals surface area contributed by atoms with Crippen LogP contribution in [-0.2, 0) is 11.3 Å². The molecular weight excluding hydrogens is 322 g/mol. The van der Waals surface area contributed by atoms with Crippen LogP contribution in [0.25, 0.3) is 10.2 Å². The number of carbonyl (C=O) groups excluding carboxylic acids is 1. The minimum absolute atomic E-state index is 0.0425. The number of amides is 1. The summed E-state index contributed by atoms with van der Waals surface area (Å²) >= 11 is 1.47. The van der Waals surface area contributed by atoms with E-state index in [0.717, 1.165) is 17.7 Å². The molecule has 1 aliphatic heterocycles. The first kappa shape index (κ1) is 15.8. The number of carbonyl (C=O) groups is 1. The molecule has 2 aliphatic rings. The maximum absolute atomic E-state index is 12.8. The second kappa shape index (κ2) is 6.31. The Morgan fingerprint density at radius 2 is 2.21 bits per heavy atom. The summed E-state index contributed by atoms with van der Waals surface area (Å²) in [5, 5.41) is 2.53. The molecule has 128 valence electrons. The average Bonchev–Trinajstić information content (AvgIpc) is 3.17. The summed E-state index contributed by atoms with van der Waals surface area (Å²) in [7, 11) is 0. The third-order valence-corrected chi connectivity index (χ3v) is 6.47. The van der Waals surface area contributed by atoms with Gasteiger partial charge in [0.1, 0.15) is 4.83 Å². The first-order valence-corrected chi connectivity index (χ1v) is 9.77. The van der Waals surface area contributed by atoms with Crippen LogP contribution in [-0.4, -0.2) is 32.4 Å². The molecule has 0 aromatic carbocycles. The lowest BCUT2D eigenvalue weighted by molar-refractivity contribution is -0.134. The van der Waals surface area contributed by atoms with E-state index < -0.39 is 0 Å². The van der Waals surface area contributed by atoms with Crippen molar-refractivity contribution in [1.29, 1.82) is 0 Å². The fourth-order valence-electron chi connectivity index (χ4n) is 4.54. The van der Waals surface area contributed by atoms with Crippen molar-refractivity contribution in [3.63, 3.8) is 0 Å². The molecule has 3 atom stereocenters. The van der Waals surface area contributed by atoms with E-state index in [2.05, 4.69) is 16.8 Å². The summed E-state index contributed by atoms with van der Waals surface area (Å²) in [6, 6.07) is 2.57. The van der Waals surface area contributed by atoms with Crippen molar-refractivity contribution in [2.75, 3.05) is 0 Å². The van der Waals surface area contributed by atoms with Gasteiger partial charge in [0, 0.05) is 25.0 Å². The molecule has 6 heteroatoms. The molecular formula is C18H23N3O2S. The van der Waals surface area contributed by atoms with Crippen LogP contribution >= 0.6 is 11.3 Å². The molecule has 1 aliphatic carbocycles. The molecule has 24 heavy (non-hydrogen) atoms. The van der Waals surface area contributed by atoms with Gasteiger partial charge in [-0.25, -0.2) is 4.98 Å². The Labute approximate surface area is 145 Å². The van der Waals surface area contributed by atoms with E-state index in [0.29, 0.717) is 36.4 Å². The SMILES string of the molecule is CC1CC2CCCCC2N1C(=O)CCn1cnc2sccc2c1=O. The Hall–Kier alpha value is -1.69. The van der Waals surface area contributed by atoms with E-state index in [4.69, 9.17) is 0 Å². The molecule has 1 saturated carbocycles. The summed E-state index contributed by atoms with van der Waals surface area (Å²) in [4.78, 5) is 32.4. The molecule has 0 N–H and O–H groups in total. The number of nitrogens with zero attached hydrogens (tertiary/aromatic N) is 3. The van der Waals surface area contributed by atoms with Crippen LogP contribution in [0.15, 0.2) is 22.6 Å². The smallest absolute Gasteiger partial charge is 0.262 e. The van der Waals surface area contributed by atoms with Crippen LogP contribution in [0.1, 0.15) is 45.4 Å². The molecule has 2 fully saturated rings. The van der Waals surface area contributed by atoms with Crippen molar-refractivity contribution in [2.24, 2.45) is 5.92 Å². The van der Waals surface area contributed by atoms with Gasteiger partial charge >= 0.3 is 0 Å². The van der Waals surface area contributed by atoms with Crippen LogP contribution in [0.3, 0.4) is 0 Å². The molecule has 2 aromatic heterocycles. The Kier molecular flexibility index (Phi) is 4.16. The number of rotatable bonds is 3. The van der Waals surface area contributed by atoms with Crippen LogP contribution in [0.4, 0.5) is 0 Å². The summed E-state index contributed by atoms with van der Waals surface area (Å²) in [5.41, 5.74) is -0.0425. The van der Waals surface area contributed by atoms with Gasteiger partial charge in [0.05, 0.1) is 11.7 Å². The quantitative estimate of drug-likeness (QED) is 0.859. The van der Waals surface area contributed by atoms with E-state index in [1.54, 1.807) is 10.9 Å². The van der Waals surface area contributed by atoms with E-state index >= 15 is 0 Å². The highest BCUT2D eigenvalue weighted by Crippen LogP contribution is 2.39. The monoisotopic (exact) mass is 345 g/mol. The predicted molar refractivity (Wildman–Crippen MR) is 95.2 cm³/mol. The van der Waals surface area contributed by atoms with Crippen molar-refractivity contribution in [3.8, 4) is 0 Å². The van der Waals surface area contributed by atoms with E-state index in [1.807, 2.05) is 11.4 Å². The Morgan fingerprint density at radius 1 is 1.38 bits per heavy atom. The normalized spacial score (nSPS) is 26.7. The van der Waals surface area contributed by atoms with Crippen molar-refractivity contribution < 1.29 is 4.79 Å². The number of hydrogen-bond donors (Lipinski definition) is 0. The average molecular weight is 345 g/mol. The number of fused-ring (bicyclic) bond motifs is 2. The van der Waals surface area contributed by atoms with Gasteiger partial charge in [0.2, 0.25) is 5.91 Å². The molecule has 1 amide bonds. The second-order valence-electron chi connectivity index (χ2n) is 7.13. The van der Waals surface area contributed by atoms with Crippen molar-refractivity contribution in [3.05, 3.63) is 28.1 Å². The summed E-state index contributed by atoms with van der Waals surface area (Å²) in [6.45, 7) is 2.58. The number of aromatic nitrogens is 2. The lowest BCUT2D eigenvalue weighted by Crippen LogP contribution is -2.42. The molecule has 3 heterocycles. The van der Waals surface area contributed by atoms with Gasteiger partial charge in [0.25, 0.3) is 5.56 Å². The van der Waals surface area contributed by atoms with Gasteiger partial charge in [-0.1, -0.05) is 12.8 Å². The topological polar surface area (TPSA) is 55.2 Å². The van der Waals surface area contributed by atoms with E-state index in [9.17, 15) is 9.59 Å². The maximum atomic E-state index is 12.8. The molecule has 3 unspecified atom stereocenters. The van der Waals surface area contributed by atoms with Gasteiger partial charge in [-0.15, -0.1) is 11.3 Å². The molecule has 0 spiro atoms. The molecule has 0 radical (unpaired) electrons. The summed E-state index contributed by atoms with van der Waals surface area (Å²) in [6.07, 6.45) is 8.03. The minimum atomic E-state index is -0.0425. The first-order valence-electron chi connectivity index (χ1n) is 8.89. The molecule has 5 nitrogen and oxygen atoms in total. The Bertz CT molecular complexity index is 812. The molecule has 0 bridgehead atoms. The highest BCUT2D eigenvalue weighted by atomic mass is 32.1. The maximum Gasteiger partial charge on any atom is 0.262 e. The number of hydrogen-bond acceptors (Lipinski definition) is 4. The van der Waals surface area contributed by atoms with Crippen molar-refractivity contribution >= 4 is 27.5 Å². The third-order valence-electron chi connectivity index (χ3n) is 5.65. The van der Waals surface area contributed by atoms with Crippen LogP contribution in [0.2, 0.25) is 0 Å². The van der Waals surface area contributed by atoms with Gasteiger partial charge in [0.15, 0.2) is 0 Å². The van der Waals surface area contributed by atoms with Crippen LogP contribution in [0.5, 0.6) is 0 Å². The summed E-state index contributed by atoms with van der Waals surface area (Å²) in [5.74, 6) is 0.874. The van der Waals surface area contributed by atoms with E-state index in [1.165, 1.54) is 30.6 Å². The number of thiophene rings is 1. The minimum Gasteiger partial charge on any atom is -0.337 e. The summed E-state index contributed by atoms with van der Waals surface area (Å²) < 4.78 is 1.58. The first-order chi connectivity index (χ1) is 11.6. The lowest BCUT2D eigenvalue weighted by atomic mass is 9.85. The van der Waals surface area contributed by atoms with Crippen molar-refractivity contribution in [2.45, 2.75) is 64.1 Å². The zero-order valence-corrected chi connectivity index (χ0v) is 14.8. The zero-order valence-electron chi connectivity index (χ0n) is 14.0. The molecule has 2 aromatic rings. The number of likely N-dealkylation sites (tertiary alicyclic amines) is 1. The highest BCUT2D eigenvalue weighted by molar-refractivity contribution is 7.16. The lowest BCUT2D eigenvalue weighted by Gasteiger charge is -2.33. The van der Waals surface area contributed by atoms with Crippen LogP contribution in [0, 0.1) is 5.92 Å². The fourth-order valence-corrected chi connectivity index (χ4v) is 5.26. The molecule has 1 saturated heterocycles. The van der Waals surface area contributed by atoms with Gasteiger partial charge in [-0.2, -0.15) is 0 Å². The molecule has 4 rings (SSSR count). The fraction of sp³-hybridized carbons (Fsp3) is 0.611. The largest absolute Gasteiger partial charge is 0.337 e. The highest BCUT2D eigenvalue weighted by Gasteiger charge is 2.42. The zero-order chi connectivity index (χ0) is 16.7. The Morgan fingerprint density at radius 3 is 3.08 bits per heavy atom. The third kappa shape index (κ3) is 2.66.